The Bertz CT molecular complexity index is 439. The van der Waals surface area contributed by atoms with Crippen molar-refractivity contribution >= 4 is 48.5 Å². The molecule has 0 radical (unpaired) electrons. The van der Waals surface area contributed by atoms with Gasteiger partial charge in [0.15, 0.2) is 0 Å². The van der Waals surface area contributed by atoms with E-state index in [1.807, 2.05) is 21.7 Å². The van der Waals surface area contributed by atoms with E-state index in [1.54, 1.807) is 0 Å². The molecule has 0 aromatic rings. The van der Waals surface area contributed by atoms with E-state index in [4.69, 9.17) is 0 Å². The van der Waals surface area contributed by atoms with Crippen LogP contribution in [0.25, 0.3) is 0 Å². The molecule has 0 spiro atoms. The van der Waals surface area contributed by atoms with Crippen LogP contribution in [-0.4, -0.2) is 48.5 Å². The minimum absolute atomic E-state index is 0.969. The highest BCUT2D eigenvalue weighted by molar-refractivity contribution is 6.36. The first-order chi connectivity index (χ1) is 9.61. The lowest BCUT2D eigenvalue weighted by Gasteiger charge is -1.98. The average Bonchev–Trinajstić information content (AvgIpc) is 2.44. The molecule has 1 aliphatic rings. The summed E-state index contributed by atoms with van der Waals surface area (Å²) in [5, 5.41) is 13.2. The molecular weight excluding hydrogens is 272 g/mol. The largest absolute Gasteiger partial charge is 0.331 e. The molecule has 0 saturated heterocycles. The Labute approximate surface area is 111 Å². The van der Waals surface area contributed by atoms with Crippen molar-refractivity contribution in [2.45, 2.75) is 0 Å². The van der Waals surface area contributed by atoms with Crippen LogP contribution in [0.4, 0.5) is 0 Å². The monoisotopic (exact) mass is 280 g/mol. The fourth-order valence-corrected chi connectivity index (χ4v) is 0.720. The summed E-state index contributed by atoms with van der Waals surface area (Å²) in [5.41, 5.74) is 7.45. The van der Waals surface area contributed by atoms with Crippen LogP contribution in [-0.2, 0) is 19.2 Å². The van der Waals surface area contributed by atoms with Crippen molar-refractivity contribution in [1.29, 1.82) is 0 Å². The molecule has 4 N–H and O–H groups in total. The summed E-state index contributed by atoms with van der Waals surface area (Å²) in [5.74, 6) is -4.25. The lowest BCUT2D eigenvalue weighted by molar-refractivity contribution is -0.139. The Morgan fingerprint density at radius 2 is 0.700 bits per heavy atom. The molecule has 104 valence electrons. The number of carbonyl (C=O) groups excluding carboxylic acids is 4. The van der Waals surface area contributed by atoms with E-state index >= 15 is 0 Å². The van der Waals surface area contributed by atoms with E-state index in [0.717, 1.165) is 24.9 Å². The number of nitrogens with zero attached hydrogens (tertiary/aromatic N) is 4. The van der Waals surface area contributed by atoms with Gasteiger partial charge in [-0.05, 0) is 0 Å². The number of carbonyl (C=O) groups is 4. The minimum Gasteiger partial charge on any atom is -0.262 e. The molecule has 0 aliphatic carbocycles. The van der Waals surface area contributed by atoms with Crippen LogP contribution in [0.5, 0.6) is 0 Å². The molecule has 0 unspecified atom stereocenters. The quantitative estimate of drug-likeness (QED) is 0.337. The predicted octanol–water partition coefficient (Wildman–Crippen LogP) is -3.59. The van der Waals surface area contributed by atoms with Gasteiger partial charge in [-0.2, -0.15) is 20.4 Å². The number of rotatable bonds is 0. The van der Waals surface area contributed by atoms with Crippen molar-refractivity contribution in [3.8, 4) is 0 Å². The second-order valence-corrected chi connectivity index (χ2v) is 2.88. The zero-order chi connectivity index (χ0) is 14.8. The van der Waals surface area contributed by atoms with Gasteiger partial charge in [0.25, 0.3) is 0 Å². The van der Waals surface area contributed by atoms with E-state index in [-0.39, 0.29) is 0 Å². The molecule has 12 nitrogen and oxygen atoms in total. The molecule has 0 atom stereocenters. The third kappa shape index (κ3) is 5.26. The zero-order valence-electron chi connectivity index (χ0n) is 9.73. The molecule has 0 aromatic heterocycles. The van der Waals surface area contributed by atoms with Crippen molar-refractivity contribution in [3.63, 3.8) is 0 Å². The number of hydrogen-bond acceptors (Lipinski definition) is 8. The molecule has 1 rings (SSSR count). The first kappa shape index (κ1) is 14.6. The van der Waals surface area contributed by atoms with Crippen molar-refractivity contribution in [3.05, 3.63) is 0 Å². The summed E-state index contributed by atoms with van der Waals surface area (Å²) in [6, 6.07) is 0. The van der Waals surface area contributed by atoms with Crippen LogP contribution in [0.3, 0.4) is 0 Å². The summed E-state index contributed by atoms with van der Waals surface area (Å²) < 4.78 is 0. The van der Waals surface area contributed by atoms with Crippen molar-refractivity contribution < 1.29 is 19.2 Å². The molecule has 0 saturated carbocycles. The van der Waals surface area contributed by atoms with Crippen LogP contribution < -0.4 is 21.7 Å². The molecule has 20 heavy (non-hydrogen) atoms. The second-order valence-electron chi connectivity index (χ2n) is 2.88. The maximum atomic E-state index is 11.1. The lowest BCUT2D eigenvalue weighted by atomic mass is 10.6. The van der Waals surface area contributed by atoms with Gasteiger partial charge in [-0.15, -0.1) is 0 Å². The van der Waals surface area contributed by atoms with Crippen LogP contribution in [0.15, 0.2) is 20.4 Å². The van der Waals surface area contributed by atoms with Gasteiger partial charge in [0, 0.05) is 0 Å². The third-order valence-electron chi connectivity index (χ3n) is 1.51. The van der Waals surface area contributed by atoms with E-state index in [1.165, 1.54) is 0 Å². The maximum absolute atomic E-state index is 11.1. The van der Waals surface area contributed by atoms with E-state index in [0.29, 0.717) is 0 Å². The van der Waals surface area contributed by atoms with Crippen molar-refractivity contribution in [1.82, 2.24) is 21.7 Å². The molecule has 1 heterocycles. The van der Waals surface area contributed by atoms with Gasteiger partial charge >= 0.3 is 23.6 Å². The summed E-state index contributed by atoms with van der Waals surface area (Å²) in [4.78, 5) is 44.3. The van der Waals surface area contributed by atoms with Gasteiger partial charge in [0.05, 0.1) is 24.9 Å². The van der Waals surface area contributed by atoms with E-state index in [2.05, 4.69) is 20.4 Å². The standard InChI is InChI=1S/C8H8N8O4/c17-5-6(18)15-11-3-4-12-16-8(20)7(19)14-10-2-1-9-13-5/h1-4H,(H,13,17)(H,14,19)(H,15,18)(H,16,20). The van der Waals surface area contributed by atoms with Gasteiger partial charge in [0.1, 0.15) is 0 Å². The third-order valence-corrected chi connectivity index (χ3v) is 1.51. The Morgan fingerprint density at radius 1 is 0.500 bits per heavy atom. The van der Waals surface area contributed by atoms with Gasteiger partial charge in [0.2, 0.25) is 0 Å². The molecule has 12 heteroatoms. The average molecular weight is 280 g/mol. The maximum Gasteiger partial charge on any atom is 0.331 e. The number of amides is 4. The highest BCUT2D eigenvalue weighted by Crippen LogP contribution is 1.71. The van der Waals surface area contributed by atoms with E-state index in [9.17, 15) is 19.2 Å². The first-order valence-electron chi connectivity index (χ1n) is 4.91. The van der Waals surface area contributed by atoms with Gasteiger partial charge in [-0.25, -0.2) is 21.7 Å². The SMILES string of the molecule is O=C1N/N=C\C=N\NC(=O)C(=O)N/N=C/C=N/NC1=O. The molecule has 4 amide bonds. The van der Waals surface area contributed by atoms with Crippen molar-refractivity contribution in [2.75, 3.05) is 0 Å². The fraction of sp³-hybridized carbons (Fsp3) is 0. The van der Waals surface area contributed by atoms with Crippen LogP contribution in [0.2, 0.25) is 0 Å². The molecule has 0 aromatic carbocycles. The van der Waals surface area contributed by atoms with Crippen molar-refractivity contribution in [2.24, 2.45) is 20.4 Å². The highest BCUT2D eigenvalue weighted by atomic mass is 16.2. The molecule has 1 aliphatic heterocycles. The lowest BCUT2D eigenvalue weighted by Crippen LogP contribution is -2.36. The normalized spacial score (nSPS) is 23.6. The molecular formula is C8H8N8O4. The summed E-state index contributed by atoms with van der Waals surface area (Å²) in [6.07, 6.45) is 3.88. The van der Waals surface area contributed by atoms with Gasteiger partial charge in [-0.3, -0.25) is 19.2 Å². The fourth-order valence-electron chi connectivity index (χ4n) is 0.720. The molecule has 0 bridgehead atoms. The number of nitrogens with one attached hydrogen (secondary N) is 4. The van der Waals surface area contributed by atoms with Gasteiger partial charge in [-0.1, -0.05) is 0 Å². The summed E-state index contributed by atoms with van der Waals surface area (Å²) in [6.45, 7) is 0. The Hall–Kier alpha value is -3.44. The Kier molecular flexibility index (Phi) is 5.70. The number of hydrogen-bond donors (Lipinski definition) is 4. The first-order valence-corrected chi connectivity index (χ1v) is 4.91. The summed E-state index contributed by atoms with van der Waals surface area (Å²) in [7, 11) is 0. The van der Waals surface area contributed by atoms with Gasteiger partial charge < -0.3 is 0 Å². The zero-order valence-corrected chi connectivity index (χ0v) is 9.73. The highest BCUT2D eigenvalue weighted by Gasteiger charge is 2.11. The second kappa shape index (κ2) is 7.80. The molecule has 0 fully saturated rings. The van der Waals surface area contributed by atoms with E-state index < -0.39 is 23.6 Å². The predicted molar refractivity (Wildman–Crippen MR) is 66.5 cm³/mol. The van der Waals surface area contributed by atoms with Crippen LogP contribution in [0.1, 0.15) is 0 Å². The summed E-state index contributed by atoms with van der Waals surface area (Å²) >= 11 is 0. The Balaban J connectivity index is 2.75. The smallest absolute Gasteiger partial charge is 0.262 e. The number of hydrazone groups is 4. The Morgan fingerprint density at radius 3 is 0.900 bits per heavy atom. The minimum atomic E-state index is -1.06. The van der Waals surface area contributed by atoms with Crippen LogP contribution >= 0.6 is 0 Å². The topological polar surface area (TPSA) is 166 Å². The van der Waals surface area contributed by atoms with Crippen LogP contribution in [0, 0.1) is 0 Å².